The van der Waals surface area contributed by atoms with Crippen LogP contribution in [0.2, 0.25) is 0 Å². The second kappa shape index (κ2) is 7.13. The van der Waals surface area contributed by atoms with E-state index in [0.717, 1.165) is 0 Å². The summed E-state index contributed by atoms with van der Waals surface area (Å²) in [5, 5.41) is 0. The Morgan fingerprint density at radius 3 is 2.41 bits per heavy atom. The lowest BCUT2D eigenvalue weighted by molar-refractivity contribution is -0.274. The number of halogens is 3. The predicted octanol–water partition coefficient (Wildman–Crippen LogP) is 4.31. The number of hydroxylamine groups is 1. The maximum atomic E-state index is 12.3. The van der Waals surface area contributed by atoms with E-state index in [1.807, 2.05) is 0 Å². The van der Waals surface area contributed by atoms with Gasteiger partial charge in [0.15, 0.2) is 0 Å². The van der Waals surface area contributed by atoms with E-state index in [-0.39, 0.29) is 5.75 Å². The molecule has 0 unspecified atom stereocenters. The molecule has 1 aromatic carbocycles. The lowest BCUT2D eigenvalue weighted by atomic mass is 9.96. The average Bonchev–Trinajstić information content (AvgIpc) is 3.33. The lowest BCUT2D eigenvalue weighted by Gasteiger charge is -2.20. The van der Waals surface area contributed by atoms with Crippen molar-refractivity contribution in [3.8, 4) is 23.1 Å². The van der Waals surface area contributed by atoms with Crippen LogP contribution in [0.1, 0.15) is 12.5 Å². The van der Waals surface area contributed by atoms with E-state index in [1.165, 1.54) is 42.9 Å². The van der Waals surface area contributed by atoms with Gasteiger partial charge in [-0.1, -0.05) is 12.1 Å². The molecule has 29 heavy (non-hydrogen) atoms. The summed E-state index contributed by atoms with van der Waals surface area (Å²) < 4.78 is 51.6. The van der Waals surface area contributed by atoms with Gasteiger partial charge in [0.05, 0.1) is 12.4 Å². The molecule has 1 aliphatic rings. The van der Waals surface area contributed by atoms with Crippen molar-refractivity contribution in [1.82, 2.24) is 15.4 Å². The van der Waals surface area contributed by atoms with Crippen molar-refractivity contribution in [2.75, 3.05) is 0 Å². The Kier molecular flexibility index (Phi) is 4.63. The molecule has 0 fully saturated rings. The second-order valence-corrected chi connectivity index (χ2v) is 6.21. The first-order valence-electron chi connectivity index (χ1n) is 8.38. The molecule has 0 amide bonds. The van der Waals surface area contributed by atoms with Crippen molar-refractivity contribution in [3.63, 3.8) is 0 Å². The molecule has 2 aromatic heterocycles. The average molecular weight is 405 g/mol. The number of nitrogens with zero attached hydrogens (tertiary/aromatic N) is 2. The standard InChI is InChI=1S/C19H14F3N3O4/c1-18(12-2-4-13(5-3-12)28-19(20,21)22)10-16(25-29-18)27-14-6-7-15(24-11-14)17-23-8-9-26-17/h2-11,25H,1H3/t18-/m1/s1. The molecule has 10 heteroatoms. The number of aromatic nitrogens is 2. The first-order chi connectivity index (χ1) is 13.8. The molecule has 1 atom stereocenters. The van der Waals surface area contributed by atoms with E-state index < -0.39 is 12.0 Å². The van der Waals surface area contributed by atoms with Crippen LogP contribution in [0.4, 0.5) is 13.2 Å². The van der Waals surface area contributed by atoms with Crippen LogP contribution < -0.4 is 15.0 Å². The number of rotatable bonds is 5. The summed E-state index contributed by atoms with van der Waals surface area (Å²) in [4.78, 5) is 13.8. The van der Waals surface area contributed by atoms with Gasteiger partial charge in [0.2, 0.25) is 11.8 Å². The first kappa shape index (κ1) is 18.8. The van der Waals surface area contributed by atoms with Crippen LogP contribution in [0.15, 0.2) is 71.4 Å². The van der Waals surface area contributed by atoms with Crippen molar-refractivity contribution < 1.29 is 31.9 Å². The number of ether oxygens (including phenoxy) is 2. The highest BCUT2D eigenvalue weighted by molar-refractivity contribution is 5.47. The van der Waals surface area contributed by atoms with Crippen LogP contribution in [-0.2, 0) is 10.4 Å². The van der Waals surface area contributed by atoms with Gasteiger partial charge in [-0.25, -0.2) is 15.4 Å². The minimum atomic E-state index is -4.74. The Morgan fingerprint density at radius 2 is 1.79 bits per heavy atom. The van der Waals surface area contributed by atoms with Crippen LogP contribution in [0.5, 0.6) is 11.5 Å². The van der Waals surface area contributed by atoms with Gasteiger partial charge in [0.25, 0.3) is 0 Å². The highest BCUT2D eigenvalue weighted by Gasteiger charge is 2.34. The molecule has 0 saturated heterocycles. The van der Waals surface area contributed by atoms with Crippen molar-refractivity contribution in [2.24, 2.45) is 0 Å². The number of nitrogens with one attached hydrogen (secondary N) is 1. The third-order valence-electron chi connectivity index (χ3n) is 4.05. The van der Waals surface area contributed by atoms with Gasteiger partial charge in [0.1, 0.15) is 29.1 Å². The monoisotopic (exact) mass is 405 g/mol. The van der Waals surface area contributed by atoms with Crippen molar-refractivity contribution in [1.29, 1.82) is 0 Å². The fraction of sp³-hybridized carbons (Fsp3) is 0.158. The number of pyridine rings is 1. The quantitative estimate of drug-likeness (QED) is 0.678. The molecule has 1 N–H and O–H groups in total. The number of alkyl halides is 3. The van der Waals surface area contributed by atoms with Crippen LogP contribution in [0.3, 0.4) is 0 Å². The lowest BCUT2D eigenvalue weighted by Crippen LogP contribution is -2.23. The molecule has 3 aromatic rings. The van der Waals surface area contributed by atoms with E-state index in [0.29, 0.717) is 28.8 Å². The molecule has 0 spiro atoms. The van der Waals surface area contributed by atoms with Gasteiger partial charge >= 0.3 is 6.36 Å². The van der Waals surface area contributed by atoms with E-state index in [1.54, 1.807) is 25.1 Å². The van der Waals surface area contributed by atoms with Crippen LogP contribution in [-0.4, -0.2) is 16.3 Å². The number of oxazole rings is 1. The van der Waals surface area contributed by atoms with Crippen LogP contribution >= 0.6 is 0 Å². The van der Waals surface area contributed by atoms with E-state index >= 15 is 0 Å². The summed E-state index contributed by atoms with van der Waals surface area (Å²) in [5.41, 5.74) is 2.87. The number of hydrogen-bond donors (Lipinski definition) is 1. The Hall–Kier alpha value is -3.53. The molecule has 7 nitrogen and oxygen atoms in total. The van der Waals surface area contributed by atoms with Gasteiger partial charge in [-0.2, -0.15) is 0 Å². The van der Waals surface area contributed by atoms with Gasteiger partial charge in [-0.05, 0) is 36.8 Å². The molecule has 0 aliphatic carbocycles. The maximum Gasteiger partial charge on any atom is 0.573 e. The largest absolute Gasteiger partial charge is 0.573 e. The Balaban J connectivity index is 1.45. The summed E-state index contributed by atoms with van der Waals surface area (Å²) in [7, 11) is 0. The molecular formula is C19H14F3N3O4. The fourth-order valence-corrected chi connectivity index (χ4v) is 2.69. The van der Waals surface area contributed by atoms with Gasteiger partial charge in [-0.15, -0.1) is 13.2 Å². The molecule has 3 heterocycles. The van der Waals surface area contributed by atoms with Crippen molar-refractivity contribution in [3.05, 3.63) is 72.6 Å². The Morgan fingerprint density at radius 1 is 1.03 bits per heavy atom. The molecular weight excluding hydrogens is 391 g/mol. The smallest absolute Gasteiger partial charge is 0.443 e. The third kappa shape index (κ3) is 4.32. The highest BCUT2D eigenvalue weighted by Crippen LogP contribution is 2.34. The van der Waals surface area contributed by atoms with E-state index in [4.69, 9.17) is 14.0 Å². The molecule has 0 bridgehead atoms. The third-order valence-corrected chi connectivity index (χ3v) is 4.05. The second-order valence-electron chi connectivity index (χ2n) is 6.21. The van der Waals surface area contributed by atoms with E-state index in [9.17, 15) is 13.2 Å². The topological polar surface area (TPSA) is 78.6 Å². The normalized spacial score (nSPS) is 18.8. The zero-order valence-electron chi connectivity index (χ0n) is 14.9. The van der Waals surface area contributed by atoms with Gasteiger partial charge in [-0.3, -0.25) is 4.84 Å². The SMILES string of the molecule is C[C@]1(c2ccc(OC(F)(F)F)cc2)C=C(Oc2ccc(-c3ncco3)nc2)NO1. The zero-order chi connectivity index (χ0) is 20.5. The van der Waals surface area contributed by atoms with Gasteiger partial charge in [0, 0.05) is 6.08 Å². The predicted molar refractivity (Wildman–Crippen MR) is 93.1 cm³/mol. The minimum Gasteiger partial charge on any atom is -0.443 e. The van der Waals surface area contributed by atoms with Crippen LogP contribution in [0.25, 0.3) is 11.6 Å². The van der Waals surface area contributed by atoms with E-state index in [2.05, 4.69) is 20.2 Å². The first-order valence-corrected chi connectivity index (χ1v) is 8.38. The summed E-state index contributed by atoms with van der Waals surface area (Å²) in [5.74, 6) is 0.840. The number of benzene rings is 1. The summed E-state index contributed by atoms with van der Waals surface area (Å²) in [6, 6.07) is 8.78. The maximum absolute atomic E-state index is 12.3. The Bertz CT molecular complexity index is 1000. The highest BCUT2D eigenvalue weighted by atomic mass is 19.4. The molecule has 1 aliphatic heterocycles. The molecule has 150 valence electrons. The molecule has 4 rings (SSSR count). The zero-order valence-corrected chi connectivity index (χ0v) is 14.9. The fourth-order valence-electron chi connectivity index (χ4n) is 2.69. The molecule has 0 saturated carbocycles. The summed E-state index contributed by atoms with van der Waals surface area (Å²) in [6.07, 6.45) is 1.40. The molecule has 0 radical (unpaired) electrons. The minimum absolute atomic E-state index is 0.312. The van der Waals surface area contributed by atoms with Crippen LogP contribution in [0, 0.1) is 0 Å². The summed E-state index contributed by atoms with van der Waals surface area (Å²) in [6.45, 7) is 1.74. The van der Waals surface area contributed by atoms with Crippen molar-refractivity contribution in [2.45, 2.75) is 18.9 Å². The Labute approximate surface area is 162 Å². The van der Waals surface area contributed by atoms with Crippen molar-refractivity contribution >= 4 is 0 Å². The van der Waals surface area contributed by atoms with Gasteiger partial charge < -0.3 is 13.9 Å². The number of hydrogen-bond acceptors (Lipinski definition) is 7. The summed E-state index contributed by atoms with van der Waals surface area (Å²) >= 11 is 0.